The van der Waals surface area contributed by atoms with Gasteiger partial charge in [-0.25, -0.2) is 0 Å². The van der Waals surface area contributed by atoms with Crippen molar-refractivity contribution in [2.45, 2.75) is 25.9 Å². The van der Waals surface area contributed by atoms with Crippen molar-refractivity contribution in [3.05, 3.63) is 65.7 Å². The Morgan fingerprint density at radius 1 is 0.971 bits per heavy atom. The van der Waals surface area contributed by atoms with Crippen molar-refractivity contribution >= 4 is 23.4 Å². The fraction of sp³-hybridized carbons (Fsp3) is 0.423. The highest BCUT2D eigenvalue weighted by Crippen LogP contribution is 2.15. The van der Waals surface area contributed by atoms with Gasteiger partial charge in [-0.15, -0.1) is 0 Å². The second-order valence-electron chi connectivity index (χ2n) is 9.05. The van der Waals surface area contributed by atoms with E-state index in [9.17, 15) is 14.4 Å². The number of nitrogens with zero attached hydrogens (tertiary/aromatic N) is 3. The molecule has 34 heavy (non-hydrogen) atoms. The van der Waals surface area contributed by atoms with Gasteiger partial charge in [-0.2, -0.15) is 0 Å². The number of nitrogens with one attached hydrogen (secondary N) is 2. The summed E-state index contributed by atoms with van der Waals surface area (Å²) in [5, 5.41) is 5.64. The molecule has 4 rings (SSSR count). The Labute approximate surface area is 200 Å². The molecule has 3 amide bonds. The number of aryl methyl sites for hydroxylation is 1. The molecule has 2 heterocycles. The number of rotatable bonds is 7. The molecule has 0 saturated carbocycles. The van der Waals surface area contributed by atoms with E-state index < -0.39 is 6.04 Å². The third-order valence-electron chi connectivity index (χ3n) is 6.40. The van der Waals surface area contributed by atoms with E-state index in [4.69, 9.17) is 0 Å². The average Bonchev–Trinajstić information content (AvgIpc) is 2.82. The van der Waals surface area contributed by atoms with Crippen LogP contribution in [0.1, 0.15) is 17.5 Å². The minimum atomic E-state index is -0.787. The molecular weight excluding hydrogens is 430 g/mol. The molecule has 0 bridgehead atoms. The summed E-state index contributed by atoms with van der Waals surface area (Å²) in [5.74, 6) is -0.647. The van der Waals surface area contributed by atoms with E-state index in [2.05, 4.69) is 44.7 Å². The first-order chi connectivity index (χ1) is 16.5. The van der Waals surface area contributed by atoms with Crippen LogP contribution in [0.5, 0.6) is 0 Å². The molecule has 0 unspecified atom stereocenters. The van der Waals surface area contributed by atoms with Crippen molar-refractivity contribution in [3.8, 4) is 0 Å². The molecule has 2 aliphatic heterocycles. The van der Waals surface area contributed by atoms with Crippen molar-refractivity contribution in [3.63, 3.8) is 0 Å². The van der Waals surface area contributed by atoms with Gasteiger partial charge in [0.2, 0.25) is 17.7 Å². The molecule has 2 fully saturated rings. The Kier molecular flexibility index (Phi) is 7.92. The third kappa shape index (κ3) is 6.42. The van der Waals surface area contributed by atoms with Gasteiger partial charge in [0, 0.05) is 51.5 Å². The van der Waals surface area contributed by atoms with Crippen LogP contribution in [0.2, 0.25) is 0 Å². The van der Waals surface area contributed by atoms with Crippen LogP contribution in [0.3, 0.4) is 0 Å². The van der Waals surface area contributed by atoms with Gasteiger partial charge < -0.3 is 15.5 Å². The van der Waals surface area contributed by atoms with E-state index in [-0.39, 0.29) is 30.7 Å². The molecule has 0 aromatic heterocycles. The van der Waals surface area contributed by atoms with Gasteiger partial charge in [0.25, 0.3) is 0 Å². The predicted octanol–water partition coefficient (Wildman–Crippen LogP) is 1.47. The molecule has 2 aromatic rings. The van der Waals surface area contributed by atoms with Crippen LogP contribution in [0.4, 0.5) is 5.69 Å². The lowest BCUT2D eigenvalue weighted by molar-refractivity contribution is -0.145. The summed E-state index contributed by atoms with van der Waals surface area (Å²) in [6.45, 7) is 7.35. The molecule has 2 saturated heterocycles. The average molecular weight is 464 g/mol. The Bertz CT molecular complexity index is 1000. The maximum Gasteiger partial charge on any atom is 0.243 e. The first-order valence-corrected chi connectivity index (χ1v) is 11.9. The van der Waals surface area contributed by atoms with Gasteiger partial charge in [0.1, 0.15) is 6.04 Å². The van der Waals surface area contributed by atoms with E-state index >= 15 is 0 Å². The maximum atomic E-state index is 13.1. The van der Waals surface area contributed by atoms with Crippen molar-refractivity contribution in [1.29, 1.82) is 0 Å². The molecule has 8 nitrogen and oxygen atoms in total. The largest absolute Gasteiger partial charge is 0.353 e. The molecule has 1 atom stereocenters. The van der Waals surface area contributed by atoms with Crippen LogP contribution in [0.15, 0.2) is 54.6 Å². The van der Waals surface area contributed by atoms with Crippen LogP contribution in [-0.2, 0) is 20.9 Å². The zero-order valence-electron chi connectivity index (χ0n) is 19.7. The number of benzene rings is 2. The number of hydrogen-bond acceptors (Lipinski definition) is 5. The van der Waals surface area contributed by atoms with Gasteiger partial charge in [-0.05, 0) is 30.2 Å². The van der Waals surface area contributed by atoms with Crippen LogP contribution >= 0.6 is 0 Å². The summed E-state index contributed by atoms with van der Waals surface area (Å²) < 4.78 is 0. The smallest absolute Gasteiger partial charge is 0.243 e. The van der Waals surface area contributed by atoms with Crippen LogP contribution < -0.4 is 10.6 Å². The van der Waals surface area contributed by atoms with Gasteiger partial charge in [0.05, 0.1) is 13.0 Å². The molecule has 180 valence electrons. The molecule has 0 radical (unpaired) electrons. The second kappa shape index (κ2) is 11.3. The highest BCUT2D eigenvalue weighted by atomic mass is 16.2. The Hall–Kier alpha value is -3.23. The van der Waals surface area contributed by atoms with Gasteiger partial charge >= 0.3 is 0 Å². The maximum absolute atomic E-state index is 13.1. The summed E-state index contributed by atoms with van der Waals surface area (Å²) in [4.78, 5) is 44.4. The van der Waals surface area contributed by atoms with Crippen molar-refractivity contribution < 1.29 is 14.4 Å². The van der Waals surface area contributed by atoms with E-state index in [1.165, 1.54) is 5.56 Å². The highest BCUT2D eigenvalue weighted by molar-refractivity contribution is 5.97. The van der Waals surface area contributed by atoms with Crippen LogP contribution in [0.25, 0.3) is 0 Å². The zero-order chi connectivity index (χ0) is 23.9. The number of hydrogen-bond donors (Lipinski definition) is 2. The van der Waals surface area contributed by atoms with E-state index in [1.54, 1.807) is 4.90 Å². The lowest BCUT2D eigenvalue weighted by atomic mass is 10.1. The molecule has 2 N–H and O–H groups in total. The molecule has 0 spiro atoms. The number of carbonyl (C=O) groups excluding carboxylic acids is 3. The number of carbonyl (C=O) groups is 3. The van der Waals surface area contributed by atoms with Gasteiger partial charge in [0.15, 0.2) is 0 Å². The topological polar surface area (TPSA) is 85.0 Å². The summed E-state index contributed by atoms with van der Waals surface area (Å²) >= 11 is 0. The lowest BCUT2D eigenvalue weighted by Gasteiger charge is -2.38. The van der Waals surface area contributed by atoms with Crippen molar-refractivity contribution in [1.82, 2.24) is 20.0 Å². The number of amides is 3. The lowest BCUT2D eigenvalue weighted by Crippen LogP contribution is -2.60. The normalized spacial score (nSPS) is 19.5. The number of anilines is 1. The molecule has 0 aliphatic carbocycles. The summed E-state index contributed by atoms with van der Waals surface area (Å²) in [6, 6.07) is 17.1. The monoisotopic (exact) mass is 463 g/mol. The Balaban J connectivity index is 1.29. The minimum absolute atomic E-state index is 0.0592. The van der Waals surface area contributed by atoms with E-state index in [0.717, 1.165) is 38.3 Å². The first-order valence-electron chi connectivity index (χ1n) is 11.9. The van der Waals surface area contributed by atoms with Gasteiger partial charge in [-0.3, -0.25) is 24.2 Å². The standard InChI is InChI=1S/C26H33N5O3/c1-20-6-5-9-22(16-20)28-24(32)17-23-26(34)27-10-11-31(23)25(33)19-30-14-12-29(13-15-30)18-21-7-3-2-4-8-21/h2-9,16,23H,10-15,17-19H2,1H3,(H,27,34)(H,28,32)/t23-/m0/s1. The van der Waals surface area contributed by atoms with Crippen molar-refractivity contribution in [2.24, 2.45) is 0 Å². The second-order valence-corrected chi connectivity index (χ2v) is 9.05. The predicted molar refractivity (Wildman–Crippen MR) is 131 cm³/mol. The zero-order valence-corrected chi connectivity index (χ0v) is 19.7. The molecule has 8 heteroatoms. The van der Waals surface area contributed by atoms with Gasteiger partial charge in [-0.1, -0.05) is 42.5 Å². The molecule has 2 aliphatic rings. The quantitative estimate of drug-likeness (QED) is 0.650. The van der Waals surface area contributed by atoms with Crippen LogP contribution in [0, 0.1) is 6.92 Å². The Morgan fingerprint density at radius 3 is 2.44 bits per heavy atom. The highest BCUT2D eigenvalue weighted by Gasteiger charge is 2.35. The molecular formula is C26H33N5O3. The number of piperazine rings is 2. The van der Waals surface area contributed by atoms with E-state index in [0.29, 0.717) is 18.8 Å². The first kappa shape index (κ1) is 23.9. The SMILES string of the molecule is Cc1cccc(NC(=O)C[C@H]2C(=O)NCCN2C(=O)CN2CCN(Cc3ccccc3)CC2)c1. The summed E-state index contributed by atoms with van der Waals surface area (Å²) in [7, 11) is 0. The summed E-state index contributed by atoms with van der Waals surface area (Å²) in [6.07, 6.45) is -0.0592. The molecule has 2 aromatic carbocycles. The van der Waals surface area contributed by atoms with E-state index in [1.807, 2.05) is 37.3 Å². The third-order valence-corrected chi connectivity index (χ3v) is 6.40. The summed E-state index contributed by atoms with van der Waals surface area (Å²) in [5.41, 5.74) is 3.01. The van der Waals surface area contributed by atoms with Crippen LogP contribution in [-0.4, -0.2) is 84.3 Å². The fourth-order valence-corrected chi connectivity index (χ4v) is 4.56. The fourth-order valence-electron chi connectivity index (χ4n) is 4.56. The minimum Gasteiger partial charge on any atom is -0.353 e. The van der Waals surface area contributed by atoms with Crippen molar-refractivity contribution in [2.75, 3.05) is 51.1 Å². The Morgan fingerprint density at radius 2 is 1.71 bits per heavy atom.